The van der Waals surface area contributed by atoms with Crippen molar-refractivity contribution in [3.8, 4) is 0 Å². The van der Waals surface area contributed by atoms with Crippen molar-refractivity contribution in [1.82, 2.24) is 4.31 Å². The maximum Gasteiger partial charge on any atom is 0.243 e. The van der Waals surface area contributed by atoms with Crippen molar-refractivity contribution < 1.29 is 17.5 Å². The van der Waals surface area contributed by atoms with Gasteiger partial charge < -0.3 is 4.74 Å². The van der Waals surface area contributed by atoms with E-state index in [0.717, 1.165) is 6.07 Å². The van der Waals surface area contributed by atoms with Crippen LogP contribution >= 0.6 is 0 Å². The zero-order chi connectivity index (χ0) is 13.3. The van der Waals surface area contributed by atoms with Crippen molar-refractivity contribution in [3.63, 3.8) is 0 Å². The Bertz CT molecular complexity index is 522. The van der Waals surface area contributed by atoms with Crippen LogP contribution < -0.4 is 0 Å². The van der Waals surface area contributed by atoms with Gasteiger partial charge in [0, 0.05) is 13.1 Å². The number of ether oxygens (including phenoxy) is 1. The van der Waals surface area contributed by atoms with Crippen LogP contribution in [0.25, 0.3) is 0 Å². The minimum absolute atomic E-state index is 0.0104. The van der Waals surface area contributed by atoms with Crippen LogP contribution in [0.1, 0.15) is 13.8 Å². The summed E-state index contributed by atoms with van der Waals surface area (Å²) in [6.07, 6.45) is -0.311. The van der Waals surface area contributed by atoms with Gasteiger partial charge in [0.25, 0.3) is 0 Å². The molecule has 1 heterocycles. The summed E-state index contributed by atoms with van der Waals surface area (Å²) in [5, 5.41) is 0. The molecule has 0 aliphatic carbocycles. The van der Waals surface area contributed by atoms with Gasteiger partial charge in [-0.15, -0.1) is 0 Å². The Kier molecular flexibility index (Phi) is 3.70. The highest BCUT2D eigenvalue weighted by Crippen LogP contribution is 2.21. The average Bonchev–Trinajstić information content (AvgIpc) is 2.27. The molecular formula is C12H16FNO3S. The largest absolute Gasteiger partial charge is 0.373 e. The van der Waals surface area contributed by atoms with E-state index in [1.54, 1.807) is 0 Å². The molecule has 4 nitrogen and oxygen atoms in total. The number of hydrogen-bond donors (Lipinski definition) is 0. The third kappa shape index (κ3) is 2.71. The smallest absolute Gasteiger partial charge is 0.243 e. The molecule has 0 amide bonds. The highest BCUT2D eigenvalue weighted by molar-refractivity contribution is 7.89. The SMILES string of the molecule is C[C@@H]1CN(S(=O)(=O)c2cccc(F)c2)C[C@H](C)O1. The molecule has 6 heteroatoms. The van der Waals surface area contributed by atoms with E-state index in [4.69, 9.17) is 4.74 Å². The maximum atomic E-state index is 13.1. The van der Waals surface area contributed by atoms with Crippen LogP contribution in [-0.4, -0.2) is 38.0 Å². The lowest BCUT2D eigenvalue weighted by atomic mass is 10.3. The third-order valence-corrected chi connectivity index (χ3v) is 4.65. The molecule has 0 spiro atoms. The molecule has 1 saturated heterocycles. The Morgan fingerprint density at radius 1 is 1.28 bits per heavy atom. The van der Waals surface area contributed by atoms with Crippen LogP contribution in [0, 0.1) is 5.82 Å². The molecule has 2 rings (SSSR count). The van der Waals surface area contributed by atoms with Crippen LogP contribution in [0.2, 0.25) is 0 Å². The third-order valence-electron chi connectivity index (χ3n) is 2.82. The van der Waals surface area contributed by atoms with Crippen LogP contribution in [0.5, 0.6) is 0 Å². The number of sulfonamides is 1. The number of hydrogen-bond acceptors (Lipinski definition) is 3. The predicted octanol–water partition coefficient (Wildman–Crippen LogP) is 1.62. The molecule has 1 aromatic rings. The molecule has 0 saturated carbocycles. The van der Waals surface area contributed by atoms with Gasteiger partial charge in [-0.05, 0) is 32.0 Å². The molecule has 18 heavy (non-hydrogen) atoms. The van der Waals surface area contributed by atoms with Gasteiger partial charge in [0.15, 0.2) is 0 Å². The Morgan fingerprint density at radius 3 is 2.44 bits per heavy atom. The number of nitrogens with zero attached hydrogens (tertiary/aromatic N) is 1. The van der Waals surface area contributed by atoms with Gasteiger partial charge in [0.05, 0.1) is 17.1 Å². The van der Waals surface area contributed by atoms with Crippen LogP contribution in [0.15, 0.2) is 29.2 Å². The minimum Gasteiger partial charge on any atom is -0.373 e. The number of rotatable bonds is 2. The first kappa shape index (κ1) is 13.5. The normalized spacial score (nSPS) is 26.2. The fourth-order valence-corrected chi connectivity index (χ4v) is 3.73. The lowest BCUT2D eigenvalue weighted by Crippen LogP contribution is -2.48. The summed E-state index contributed by atoms with van der Waals surface area (Å²) >= 11 is 0. The fourth-order valence-electron chi connectivity index (χ4n) is 2.10. The molecule has 0 unspecified atom stereocenters. The van der Waals surface area contributed by atoms with Gasteiger partial charge in [-0.3, -0.25) is 0 Å². The lowest BCUT2D eigenvalue weighted by molar-refractivity contribution is -0.0440. The maximum absolute atomic E-state index is 13.1. The van der Waals surface area contributed by atoms with E-state index in [1.807, 2.05) is 13.8 Å². The lowest BCUT2D eigenvalue weighted by Gasteiger charge is -2.34. The topological polar surface area (TPSA) is 46.6 Å². The van der Waals surface area contributed by atoms with Crippen molar-refractivity contribution >= 4 is 10.0 Å². The van der Waals surface area contributed by atoms with Crippen molar-refractivity contribution in [2.24, 2.45) is 0 Å². The van der Waals surface area contributed by atoms with Crippen LogP contribution in [0.3, 0.4) is 0 Å². The number of benzene rings is 1. The first-order chi connectivity index (χ1) is 8.39. The Labute approximate surface area is 106 Å². The first-order valence-corrected chi connectivity index (χ1v) is 7.25. The molecular weight excluding hydrogens is 257 g/mol. The molecule has 0 aromatic heterocycles. The molecule has 1 aromatic carbocycles. The molecule has 100 valence electrons. The van der Waals surface area contributed by atoms with Gasteiger partial charge in [-0.25, -0.2) is 12.8 Å². The van der Waals surface area contributed by atoms with E-state index in [2.05, 4.69) is 0 Å². The van der Waals surface area contributed by atoms with Gasteiger partial charge in [-0.1, -0.05) is 6.07 Å². The molecule has 0 radical (unpaired) electrons. The summed E-state index contributed by atoms with van der Waals surface area (Å²) in [7, 11) is -3.64. The van der Waals surface area contributed by atoms with Crippen molar-refractivity contribution in [3.05, 3.63) is 30.1 Å². The highest BCUT2D eigenvalue weighted by atomic mass is 32.2. The molecule has 2 atom stereocenters. The first-order valence-electron chi connectivity index (χ1n) is 5.81. The van der Waals surface area contributed by atoms with Crippen LogP contribution in [0.4, 0.5) is 4.39 Å². The highest BCUT2D eigenvalue weighted by Gasteiger charge is 2.32. The van der Waals surface area contributed by atoms with Gasteiger partial charge in [0.2, 0.25) is 10.0 Å². The quantitative estimate of drug-likeness (QED) is 0.822. The summed E-state index contributed by atoms with van der Waals surface area (Å²) in [5.41, 5.74) is 0. The Hall–Kier alpha value is -0.980. The molecule has 0 N–H and O–H groups in total. The number of halogens is 1. The molecule has 0 bridgehead atoms. The van der Waals surface area contributed by atoms with Crippen molar-refractivity contribution in [2.45, 2.75) is 31.0 Å². The number of morpholine rings is 1. The minimum atomic E-state index is -3.64. The standard InChI is InChI=1S/C12H16FNO3S/c1-9-7-14(8-10(2)17-9)18(15,16)12-5-3-4-11(13)6-12/h3-6,9-10H,7-8H2,1-2H3/t9-,10+. The predicted molar refractivity (Wildman–Crippen MR) is 65.2 cm³/mol. The zero-order valence-electron chi connectivity index (χ0n) is 10.3. The van der Waals surface area contributed by atoms with E-state index in [1.165, 1.54) is 22.5 Å². The summed E-state index contributed by atoms with van der Waals surface area (Å²) in [6.45, 7) is 4.24. The van der Waals surface area contributed by atoms with E-state index < -0.39 is 15.8 Å². The molecule has 1 fully saturated rings. The zero-order valence-corrected chi connectivity index (χ0v) is 11.2. The summed E-state index contributed by atoms with van der Waals surface area (Å²) in [6, 6.07) is 5.07. The Morgan fingerprint density at radius 2 is 1.89 bits per heavy atom. The van der Waals surface area contributed by atoms with Gasteiger partial charge >= 0.3 is 0 Å². The van der Waals surface area contributed by atoms with Crippen LogP contribution in [-0.2, 0) is 14.8 Å². The van der Waals surface area contributed by atoms with E-state index >= 15 is 0 Å². The van der Waals surface area contributed by atoms with E-state index in [0.29, 0.717) is 13.1 Å². The average molecular weight is 273 g/mol. The van der Waals surface area contributed by atoms with Gasteiger partial charge in [0.1, 0.15) is 5.82 Å². The fraction of sp³-hybridized carbons (Fsp3) is 0.500. The second-order valence-corrected chi connectivity index (χ2v) is 6.47. The second-order valence-electron chi connectivity index (χ2n) is 4.54. The van der Waals surface area contributed by atoms with Gasteiger partial charge in [-0.2, -0.15) is 4.31 Å². The van der Waals surface area contributed by atoms with E-state index in [9.17, 15) is 12.8 Å². The monoisotopic (exact) mass is 273 g/mol. The Balaban J connectivity index is 2.31. The van der Waals surface area contributed by atoms with Crippen molar-refractivity contribution in [2.75, 3.05) is 13.1 Å². The molecule has 1 aliphatic rings. The van der Waals surface area contributed by atoms with Crippen molar-refractivity contribution in [1.29, 1.82) is 0 Å². The van der Waals surface area contributed by atoms with E-state index in [-0.39, 0.29) is 17.1 Å². The summed E-state index contributed by atoms with van der Waals surface area (Å²) < 4.78 is 44.6. The second kappa shape index (κ2) is 4.95. The summed E-state index contributed by atoms with van der Waals surface area (Å²) in [4.78, 5) is -0.0104. The molecule has 1 aliphatic heterocycles. The summed E-state index contributed by atoms with van der Waals surface area (Å²) in [5.74, 6) is -0.551.